The molecule has 34 heavy (non-hydrogen) atoms. The first-order valence-corrected chi connectivity index (χ1v) is 13.2. The third-order valence-corrected chi connectivity index (χ3v) is 7.46. The molecule has 0 radical (unpaired) electrons. The molecule has 10 heteroatoms. The van der Waals surface area contributed by atoms with E-state index < -0.39 is 45.1 Å². The van der Waals surface area contributed by atoms with E-state index in [0.717, 1.165) is 4.47 Å². The SMILES string of the molecule is COC(=O)[C@@H](NC(=O)c1ccc(Br)cc1)C(C)(C)C[S@@](C)(=O)=NC(=O)[C@H](OC)c1ccccc1. The number of nitrogens with one attached hydrogen (secondary N) is 1. The molecule has 184 valence electrons. The second-order valence-corrected chi connectivity index (χ2v) is 11.8. The Balaban J connectivity index is 2.29. The van der Waals surface area contributed by atoms with Crippen molar-refractivity contribution in [2.45, 2.75) is 26.0 Å². The molecule has 0 aliphatic carbocycles. The van der Waals surface area contributed by atoms with Crippen LogP contribution >= 0.6 is 15.9 Å². The van der Waals surface area contributed by atoms with Gasteiger partial charge in [-0.25, -0.2) is 9.00 Å². The van der Waals surface area contributed by atoms with E-state index in [9.17, 15) is 18.6 Å². The van der Waals surface area contributed by atoms with Gasteiger partial charge in [-0.1, -0.05) is 60.1 Å². The molecule has 0 saturated carbocycles. The van der Waals surface area contributed by atoms with Gasteiger partial charge < -0.3 is 14.8 Å². The Labute approximate surface area is 208 Å². The van der Waals surface area contributed by atoms with Crippen LogP contribution < -0.4 is 5.32 Å². The Morgan fingerprint density at radius 3 is 2.18 bits per heavy atom. The maximum Gasteiger partial charge on any atom is 0.328 e. The maximum atomic E-state index is 13.4. The summed E-state index contributed by atoms with van der Waals surface area (Å²) in [6.45, 7) is 3.31. The van der Waals surface area contributed by atoms with Crippen LogP contribution in [-0.4, -0.2) is 54.3 Å². The van der Waals surface area contributed by atoms with Gasteiger partial charge >= 0.3 is 5.97 Å². The zero-order chi connectivity index (χ0) is 25.5. The smallest absolute Gasteiger partial charge is 0.328 e. The number of hydrogen-bond acceptors (Lipinski definition) is 6. The highest BCUT2D eigenvalue weighted by molar-refractivity contribution is 9.10. The molecule has 0 aromatic heterocycles. The average Bonchev–Trinajstić information content (AvgIpc) is 2.77. The van der Waals surface area contributed by atoms with Crippen molar-refractivity contribution in [2.24, 2.45) is 9.78 Å². The highest BCUT2D eigenvalue weighted by Gasteiger charge is 2.40. The van der Waals surface area contributed by atoms with E-state index >= 15 is 0 Å². The minimum absolute atomic E-state index is 0.155. The van der Waals surface area contributed by atoms with Gasteiger partial charge in [0.05, 0.1) is 16.8 Å². The normalized spacial score (nSPS) is 14.9. The number of carbonyl (C=O) groups is 3. The summed E-state index contributed by atoms with van der Waals surface area (Å²) in [6, 6.07) is 14.2. The minimum Gasteiger partial charge on any atom is -0.467 e. The van der Waals surface area contributed by atoms with Gasteiger partial charge in [-0.15, -0.1) is 0 Å². The molecule has 0 bridgehead atoms. The third kappa shape index (κ3) is 7.48. The molecule has 0 spiro atoms. The van der Waals surface area contributed by atoms with E-state index in [1.807, 2.05) is 0 Å². The largest absolute Gasteiger partial charge is 0.467 e. The van der Waals surface area contributed by atoms with Crippen molar-refractivity contribution in [3.63, 3.8) is 0 Å². The molecule has 2 amide bonds. The summed E-state index contributed by atoms with van der Waals surface area (Å²) < 4.78 is 28.3. The van der Waals surface area contributed by atoms with Gasteiger partial charge in [0.15, 0.2) is 6.10 Å². The summed E-state index contributed by atoms with van der Waals surface area (Å²) in [4.78, 5) is 38.1. The standard InChI is InChI=1S/C24H29BrN2O6S/c1-24(2,20(23(30)33-4)26-21(28)17-11-13-18(25)14-12-17)15-34(5,31)27-22(29)19(32-3)16-9-7-6-8-10-16/h6-14,19-20H,15H2,1-5H3,(H,26,28)/t19-,20-,34-/m1/s1. The molecule has 0 heterocycles. The third-order valence-electron chi connectivity index (χ3n) is 5.09. The Morgan fingerprint density at radius 1 is 1.06 bits per heavy atom. The number of rotatable bonds is 9. The van der Waals surface area contributed by atoms with Crippen LogP contribution in [0.3, 0.4) is 0 Å². The Bertz CT molecular complexity index is 1140. The zero-order valence-electron chi connectivity index (χ0n) is 19.7. The van der Waals surface area contributed by atoms with Crippen molar-refractivity contribution in [2.75, 3.05) is 26.2 Å². The predicted octanol–water partition coefficient (Wildman–Crippen LogP) is 3.76. The van der Waals surface area contributed by atoms with Crippen LogP contribution in [0, 0.1) is 5.41 Å². The van der Waals surface area contributed by atoms with Gasteiger partial charge in [0.2, 0.25) is 0 Å². The van der Waals surface area contributed by atoms with Gasteiger partial charge in [-0.05, 0) is 29.8 Å². The van der Waals surface area contributed by atoms with E-state index in [0.29, 0.717) is 11.1 Å². The summed E-state index contributed by atoms with van der Waals surface area (Å²) in [5, 5.41) is 2.67. The van der Waals surface area contributed by atoms with Gasteiger partial charge in [0.1, 0.15) is 6.04 Å². The fourth-order valence-electron chi connectivity index (χ4n) is 3.56. The average molecular weight is 553 g/mol. The van der Waals surface area contributed by atoms with Gasteiger partial charge in [0.25, 0.3) is 11.8 Å². The Morgan fingerprint density at radius 2 is 1.65 bits per heavy atom. The number of carbonyl (C=O) groups excluding carboxylic acids is 3. The number of halogens is 1. The molecule has 8 nitrogen and oxygen atoms in total. The van der Waals surface area contributed by atoms with Crippen LogP contribution in [0.15, 0.2) is 63.4 Å². The summed E-state index contributed by atoms with van der Waals surface area (Å²) in [6.07, 6.45) is 0.341. The Hall–Kier alpha value is -2.56. The minimum atomic E-state index is -3.11. The zero-order valence-corrected chi connectivity index (χ0v) is 22.1. The van der Waals surface area contributed by atoms with Crippen molar-refractivity contribution in [1.29, 1.82) is 0 Å². The molecule has 2 aromatic rings. The van der Waals surface area contributed by atoms with Crippen LogP contribution in [0.1, 0.15) is 35.9 Å². The van der Waals surface area contributed by atoms with E-state index in [1.54, 1.807) is 68.4 Å². The predicted molar refractivity (Wildman–Crippen MR) is 134 cm³/mol. The Kier molecular flexibility index (Phi) is 9.54. The van der Waals surface area contributed by atoms with E-state index in [2.05, 4.69) is 25.6 Å². The summed E-state index contributed by atoms with van der Waals surface area (Å²) in [5.41, 5.74) is -0.138. The van der Waals surface area contributed by atoms with E-state index in [-0.39, 0.29) is 5.75 Å². The van der Waals surface area contributed by atoms with E-state index in [1.165, 1.54) is 20.5 Å². The van der Waals surface area contributed by atoms with Gasteiger partial charge in [-0.3, -0.25) is 9.59 Å². The van der Waals surface area contributed by atoms with Crippen LogP contribution in [0.2, 0.25) is 0 Å². The van der Waals surface area contributed by atoms with Crippen molar-refractivity contribution in [3.05, 3.63) is 70.2 Å². The molecular formula is C24H29BrN2O6S. The summed E-state index contributed by atoms with van der Waals surface area (Å²) in [7, 11) is -0.536. The number of nitrogens with zero attached hydrogens (tertiary/aromatic N) is 1. The first-order valence-electron chi connectivity index (χ1n) is 10.4. The number of ether oxygens (including phenoxy) is 2. The van der Waals surface area contributed by atoms with Crippen LogP contribution in [-0.2, 0) is 28.8 Å². The second kappa shape index (κ2) is 11.7. The molecule has 2 aromatic carbocycles. The lowest BCUT2D eigenvalue weighted by Gasteiger charge is -2.33. The molecule has 2 rings (SSSR count). The molecule has 0 fully saturated rings. The summed E-state index contributed by atoms with van der Waals surface area (Å²) in [5.74, 6) is -2.03. The first kappa shape index (κ1) is 27.7. The fourth-order valence-corrected chi connectivity index (χ4v) is 5.91. The second-order valence-electron chi connectivity index (χ2n) is 8.48. The topological polar surface area (TPSA) is 111 Å². The van der Waals surface area contributed by atoms with Crippen LogP contribution in [0.5, 0.6) is 0 Å². The molecular weight excluding hydrogens is 524 g/mol. The number of benzene rings is 2. The fraction of sp³-hybridized carbons (Fsp3) is 0.375. The first-order chi connectivity index (χ1) is 15.9. The van der Waals surface area contributed by atoms with E-state index in [4.69, 9.17) is 9.47 Å². The molecule has 0 aliphatic rings. The molecule has 0 aliphatic heterocycles. The van der Waals surface area contributed by atoms with Gasteiger partial charge in [-0.2, -0.15) is 4.36 Å². The van der Waals surface area contributed by atoms with Crippen LogP contribution in [0.4, 0.5) is 0 Å². The highest BCUT2D eigenvalue weighted by atomic mass is 79.9. The van der Waals surface area contributed by atoms with Crippen molar-refractivity contribution < 1.29 is 28.1 Å². The molecule has 1 N–H and O–H groups in total. The molecule has 0 unspecified atom stereocenters. The number of amides is 2. The van der Waals surface area contributed by atoms with Crippen molar-refractivity contribution >= 4 is 43.4 Å². The lowest BCUT2D eigenvalue weighted by atomic mass is 9.86. The monoisotopic (exact) mass is 552 g/mol. The molecule has 3 atom stereocenters. The number of methoxy groups -OCH3 is 2. The van der Waals surface area contributed by atoms with Crippen molar-refractivity contribution in [1.82, 2.24) is 5.32 Å². The van der Waals surface area contributed by atoms with Gasteiger partial charge in [0, 0.05) is 34.6 Å². The number of hydrogen-bond donors (Lipinski definition) is 1. The molecule has 0 saturated heterocycles. The maximum absolute atomic E-state index is 13.4. The number of esters is 1. The lowest BCUT2D eigenvalue weighted by molar-refractivity contribution is -0.145. The van der Waals surface area contributed by atoms with Crippen molar-refractivity contribution in [3.8, 4) is 0 Å². The quantitative estimate of drug-likeness (QED) is 0.474. The highest BCUT2D eigenvalue weighted by Crippen LogP contribution is 2.26. The summed E-state index contributed by atoms with van der Waals surface area (Å²) >= 11 is 3.31. The van der Waals surface area contributed by atoms with Crippen LogP contribution in [0.25, 0.3) is 0 Å². The lowest BCUT2D eigenvalue weighted by Crippen LogP contribution is -2.53.